The molecule has 0 radical (unpaired) electrons. The van der Waals surface area contributed by atoms with Gasteiger partial charge >= 0.3 is 6.18 Å². The van der Waals surface area contributed by atoms with Crippen molar-refractivity contribution in [1.29, 1.82) is 0 Å². The quantitative estimate of drug-likeness (QED) is 0.932. The summed E-state index contributed by atoms with van der Waals surface area (Å²) < 4.78 is 40.0. The van der Waals surface area contributed by atoms with Crippen LogP contribution in [0.1, 0.15) is 12.5 Å². The molecule has 0 fully saturated rings. The highest BCUT2D eigenvalue weighted by Gasteiger charge is 2.32. The third kappa shape index (κ3) is 2.86. The van der Waals surface area contributed by atoms with Gasteiger partial charge in [-0.05, 0) is 25.1 Å². The molecule has 0 spiro atoms. The maximum absolute atomic E-state index is 12.9. The van der Waals surface area contributed by atoms with E-state index >= 15 is 0 Å². The first-order chi connectivity index (χ1) is 8.91. The molecule has 4 nitrogen and oxygen atoms in total. The topological polar surface area (TPSA) is 42.7 Å². The van der Waals surface area contributed by atoms with E-state index in [1.54, 1.807) is 20.0 Å². The van der Waals surface area contributed by atoms with Gasteiger partial charge in [0, 0.05) is 19.8 Å². The molecule has 102 valence electrons. The number of rotatable bonds is 3. The molecule has 0 bridgehead atoms. The third-order valence-corrected chi connectivity index (χ3v) is 2.59. The summed E-state index contributed by atoms with van der Waals surface area (Å²) in [6.45, 7) is 2.30. The Morgan fingerprint density at radius 1 is 1.32 bits per heavy atom. The largest absolute Gasteiger partial charge is 0.416 e. The summed E-state index contributed by atoms with van der Waals surface area (Å²) in [6, 6.07) is 3.65. The smallest absolute Gasteiger partial charge is 0.370 e. The van der Waals surface area contributed by atoms with Crippen LogP contribution in [0.2, 0.25) is 0 Å². The summed E-state index contributed by atoms with van der Waals surface area (Å²) in [5.74, 6) is 0.202. The highest BCUT2D eigenvalue weighted by molar-refractivity contribution is 5.59. The van der Waals surface area contributed by atoms with Crippen molar-refractivity contribution in [2.45, 2.75) is 13.1 Å². The van der Waals surface area contributed by atoms with E-state index in [4.69, 9.17) is 0 Å². The van der Waals surface area contributed by atoms with Crippen LogP contribution in [-0.2, 0) is 13.2 Å². The fourth-order valence-corrected chi connectivity index (χ4v) is 1.72. The van der Waals surface area contributed by atoms with Gasteiger partial charge < -0.3 is 5.32 Å². The summed E-state index contributed by atoms with van der Waals surface area (Å²) in [6.07, 6.45) is -2.88. The monoisotopic (exact) mass is 270 g/mol. The van der Waals surface area contributed by atoms with Gasteiger partial charge in [0.05, 0.1) is 17.0 Å². The van der Waals surface area contributed by atoms with Crippen molar-refractivity contribution in [1.82, 2.24) is 14.8 Å². The molecular formula is C12H13F3N4. The predicted molar refractivity (Wildman–Crippen MR) is 65.6 cm³/mol. The Morgan fingerprint density at radius 3 is 2.58 bits per heavy atom. The summed E-state index contributed by atoms with van der Waals surface area (Å²) in [4.78, 5) is 4.17. The molecule has 2 aromatic rings. The van der Waals surface area contributed by atoms with Crippen LogP contribution in [0.25, 0.3) is 11.4 Å². The molecule has 0 aliphatic carbocycles. The molecular weight excluding hydrogens is 257 g/mol. The molecule has 0 aromatic carbocycles. The van der Waals surface area contributed by atoms with Crippen molar-refractivity contribution < 1.29 is 13.2 Å². The van der Waals surface area contributed by atoms with E-state index in [1.807, 2.05) is 0 Å². The number of anilines is 1. The Hall–Kier alpha value is -2.05. The fourth-order valence-electron chi connectivity index (χ4n) is 1.72. The molecule has 2 heterocycles. The second kappa shape index (κ2) is 4.91. The van der Waals surface area contributed by atoms with E-state index in [9.17, 15) is 13.2 Å². The normalized spacial score (nSPS) is 11.6. The number of aryl methyl sites for hydroxylation is 1. The average molecular weight is 270 g/mol. The zero-order valence-electron chi connectivity index (χ0n) is 10.5. The summed E-state index contributed by atoms with van der Waals surface area (Å²) in [5.41, 5.74) is 0.0469. The van der Waals surface area contributed by atoms with Gasteiger partial charge in [-0.2, -0.15) is 18.3 Å². The average Bonchev–Trinajstić information content (AvgIpc) is 2.74. The standard InChI is InChI=1S/C12H13F3N4/c1-3-16-11-7-8(12(13,14)15)6-9(18-11)10-4-5-17-19(10)2/h4-7H,3H2,1-2H3,(H,16,18). The summed E-state index contributed by atoms with van der Waals surface area (Å²) in [5, 5.41) is 6.74. The molecule has 2 aromatic heterocycles. The molecule has 0 atom stereocenters. The Balaban J connectivity index is 2.55. The maximum atomic E-state index is 12.9. The van der Waals surface area contributed by atoms with Crippen LogP contribution in [0.4, 0.5) is 19.0 Å². The minimum atomic E-state index is -4.40. The number of nitrogens with zero attached hydrogens (tertiary/aromatic N) is 3. The van der Waals surface area contributed by atoms with Gasteiger partial charge in [0.15, 0.2) is 0 Å². The fraction of sp³-hybridized carbons (Fsp3) is 0.333. The van der Waals surface area contributed by atoms with Crippen LogP contribution in [0, 0.1) is 0 Å². The van der Waals surface area contributed by atoms with Crippen LogP contribution in [0.5, 0.6) is 0 Å². The van der Waals surface area contributed by atoms with Crippen molar-refractivity contribution in [2.75, 3.05) is 11.9 Å². The second-order valence-electron chi connectivity index (χ2n) is 3.99. The van der Waals surface area contributed by atoms with E-state index in [2.05, 4.69) is 15.4 Å². The first-order valence-electron chi connectivity index (χ1n) is 5.73. The van der Waals surface area contributed by atoms with E-state index in [1.165, 1.54) is 10.9 Å². The van der Waals surface area contributed by atoms with Gasteiger partial charge in [-0.15, -0.1) is 0 Å². The van der Waals surface area contributed by atoms with Gasteiger partial charge in [0.1, 0.15) is 5.82 Å². The molecule has 0 saturated heterocycles. The number of alkyl halides is 3. The van der Waals surface area contributed by atoms with Crippen molar-refractivity contribution in [2.24, 2.45) is 7.05 Å². The minimum absolute atomic E-state index is 0.202. The summed E-state index contributed by atoms with van der Waals surface area (Å²) in [7, 11) is 1.66. The molecule has 0 aliphatic rings. The Bertz CT molecular complexity index is 575. The maximum Gasteiger partial charge on any atom is 0.416 e. The number of halogens is 3. The van der Waals surface area contributed by atoms with Crippen LogP contribution in [-0.4, -0.2) is 21.3 Å². The third-order valence-electron chi connectivity index (χ3n) is 2.59. The molecule has 1 N–H and O–H groups in total. The number of aromatic nitrogens is 3. The number of pyridine rings is 1. The van der Waals surface area contributed by atoms with Gasteiger partial charge in [-0.25, -0.2) is 4.98 Å². The molecule has 0 aliphatic heterocycles. The lowest BCUT2D eigenvalue weighted by Crippen LogP contribution is -2.09. The van der Waals surface area contributed by atoms with Crippen LogP contribution >= 0.6 is 0 Å². The predicted octanol–water partition coefficient (Wildman–Crippen LogP) is 2.93. The van der Waals surface area contributed by atoms with Crippen LogP contribution in [0.15, 0.2) is 24.4 Å². The number of hydrogen-bond donors (Lipinski definition) is 1. The molecule has 19 heavy (non-hydrogen) atoms. The van der Waals surface area contributed by atoms with E-state index < -0.39 is 11.7 Å². The van der Waals surface area contributed by atoms with Crippen molar-refractivity contribution in [3.05, 3.63) is 30.0 Å². The first-order valence-corrected chi connectivity index (χ1v) is 5.73. The molecule has 0 amide bonds. The molecule has 2 rings (SSSR count). The van der Waals surface area contributed by atoms with Gasteiger partial charge in [-0.3, -0.25) is 4.68 Å². The Labute approximate surface area is 108 Å². The van der Waals surface area contributed by atoms with Gasteiger partial charge in [-0.1, -0.05) is 0 Å². The van der Waals surface area contributed by atoms with Crippen molar-refractivity contribution in [3.63, 3.8) is 0 Å². The zero-order valence-corrected chi connectivity index (χ0v) is 10.5. The lowest BCUT2D eigenvalue weighted by Gasteiger charge is -2.12. The Morgan fingerprint density at radius 2 is 2.05 bits per heavy atom. The lowest BCUT2D eigenvalue weighted by molar-refractivity contribution is -0.137. The second-order valence-corrected chi connectivity index (χ2v) is 3.99. The van der Waals surface area contributed by atoms with Crippen LogP contribution < -0.4 is 5.32 Å². The first kappa shape index (κ1) is 13.4. The molecule has 0 saturated carbocycles. The Kier molecular flexibility index (Phi) is 3.46. The van der Waals surface area contributed by atoms with E-state index in [0.29, 0.717) is 12.2 Å². The molecule has 7 heteroatoms. The van der Waals surface area contributed by atoms with Crippen molar-refractivity contribution in [3.8, 4) is 11.4 Å². The minimum Gasteiger partial charge on any atom is -0.370 e. The van der Waals surface area contributed by atoms with E-state index in [-0.39, 0.29) is 11.5 Å². The number of hydrogen-bond acceptors (Lipinski definition) is 3. The van der Waals surface area contributed by atoms with Gasteiger partial charge in [0.25, 0.3) is 0 Å². The lowest BCUT2D eigenvalue weighted by atomic mass is 10.1. The molecule has 0 unspecified atom stereocenters. The zero-order chi connectivity index (χ0) is 14.0. The highest BCUT2D eigenvalue weighted by Crippen LogP contribution is 2.33. The van der Waals surface area contributed by atoms with Crippen LogP contribution in [0.3, 0.4) is 0 Å². The SMILES string of the molecule is CCNc1cc(C(F)(F)F)cc(-c2ccnn2C)n1. The highest BCUT2D eigenvalue weighted by atomic mass is 19.4. The van der Waals surface area contributed by atoms with Gasteiger partial charge in [0.2, 0.25) is 0 Å². The van der Waals surface area contributed by atoms with Crippen molar-refractivity contribution >= 4 is 5.82 Å². The summed E-state index contributed by atoms with van der Waals surface area (Å²) >= 11 is 0. The number of nitrogens with one attached hydrogen (secondary N) is 1. The van der Waals surface area contributed by atoms with E-state index in [0.717, 1.165) is 12.1 Å².